The van der Waals surface area contributed by atoms with E-state index in [1.165, 1.54) is 19.2 Å². The number of anilines is 1. The van der Waals surface area contributed by atoms with Gasteiger partial charge in [-0.3, -0.25) is 14.4 Å². The van der Waals surface area contributed by atoms with E-state index in [-0.39, 0.29) is 0 Å². The number of benzene rings is 3. The molecule has 0 N–H and O–H groups in total. The molecule has 0 saturated carbocycles. The fraction of sp³-hybridized carbons (Fsp3) is 0.207. The van der Waals surface area contributed by atoms with Gasteiger partial charge in [-0.25, -0.2) is 4.90 Å². The number of amides is 2. The Labute approximate surface area is 215 Å². The van der Waals surface area contributed by atoms with E-state index in [0.717, 1.165) is 23.3 Å². The summed E-state index contributed by atoms with van der Waals surface area (Å²) in [7, 11) is 1.50. The SMILES string of the molecule is COc1ccc(C(=O)[C@@H]2[C@@H]3C(=O)N(c4ccccc4C(F)(F)F)C(=O)[C@H]3[C@@H]3c4ccccc4C=CN23)cc1. The Morgan fingerprint density at radius 2 is 1.53 bits per heavy atom. The second-order valence-corrected chi connectivity index (χ2v) is 9.45. The number of imide groups is 1. The Bertz CT molecular complexity index is 1500. The number of rotatable bonds is 4. The van der Waals surface area contributed by atoms with Crippen LogP contribution in [0.1, 0.15) is 33.1 Å². The first-order chi connectivity index (χ1) is 18.2. The van der Waals surface area contributed by atoms with Gasteiger partial charge in [-0.2, -0.15) is 13.2 Å². The van der Waals surface area contributed by atoms with E-state index < -0.39 is 58.9 Å². The van der Waals surface area contributed by atoms with Crippen molar-refractivity contribution in [2.75, 3.05) is 12.0 Å². The first-order valence-corrected chi connectivity index (χ1v) is 12.0. The third-order valence-electron chi connectivity index (χ3n) is 7.56. The van der Waals surface area contributed by atoms with Crippen LogP contribution in [0.5, 0.6) is 5.75 Å². The van der Waals surface area contributed by atoms with Crippen molar-refractivity contribution in [2.45, 2.75) is 18.3 Å². The number of halogens is 3. The van der Waals surface area contributed by atoms with Crippen molar-refractivity contribution in [1.82, 2.24) is 4.90 Å². The summed E-state index contributed by atoms with van der Waals surface area (Å²) in [6.07, 6.45) is -1.27. The van der Waals surface area contributed by atoms with E-state index >= 15 is 0 Å². The average molecular weight is 518 g/mol. The zero-order valence-electron chi connectivity index (χ0n) is 20.1. The molecule has 2 saturated heterocycles. The number of hydrogen-bond acceptors (Lipinski definition) is 5. The lowest BCUT2D eigenvalue weighted by atomic mass is 9.83. The molecule has 2 fully saturated rings. The van der Waals surface area contributed by atoms with E-state index in [9.17, 15) is 27.6 Å². The smallest absolute Gasteiger partial charge is 0.418 e. The number of alkyl halides is 3. The number of fused-ring (bicyclic) bond motifs is 5. The number of ether oxygens (including phenoxy) is 1. The molecule has 4 atom stereocenters. The van der Waals surface area contributed by atoms with Crippen molar-refractivity contribution in [1.29, 1.82) is 0 Å². The van der Waals surface area contributed by atoms with Crippen molar-refractivity contribution >= 4 is 29.4 Å². The molecule has 3 aliphatic heterocycles. The van der Waals surface area contributed by atoms with Gasteiger partial charge in [-0.1, -0.05) is 36.4 Å². The molecule has 3 heterocycles. The van der Waals surface area contributed by atoms with Gasteiger partial charge in [0.2, 0.25) is 11.8 Å². The molecule has 9 heteroatoms. The van der Waals surface area contributed by atoms with E-state index in [0.29, 0.717) is 16.2 Å². The number of carbonyl (C=O) groups is 3. The predicted octanol–water partition coefficient (Wildman–Crippen LogP) is 5.11. The summed E-state index contributed by atoms with van der Waals surface area (Å²) in [5.74, 6) is -3.63. The van der Waals surface area contributed by atoms with E-state index in [2.05, 4.69) is 0 Å². The summed E-state index contributed by atoms with van der Waals surface area (Å²) >= 11 is 0. The Balaban J connectivity index is 1.50. The summed E-state index contributed by atoms with van der Waals surface area (Å²) < 4.78 is 46.8. The normalized spacial score (nSPS) is 23.8. The van der Waals surface area contributed by atoms with Crippen molar-refractivity contribution < 1.29 is 32.3 Å². The number of Topliss-reactive ketones (excluding diaryl/α,β-unsaturated/α-hetero) is 1. The largest absolute Gasteiger partial charge is 0.497 e. The Morgan fingerprint density at radius 1 is 0.868 bits per heavy atom. The third-order valence-corrected chi connectivity index (χ3v) is 7.56. The van der Waals surface area contributed by atoms with Crippen LogP contribution in [-0.4, -0.2) is 35.6 Å². The number of nitrogens with zero attached hydrogens (tertiary/aromatic N) is 2. The summed E-state index contributed by atoms with van der Waals surface area (Å²) in [6.45, 7) is 0. The first-order valence-electron chi connectivity index (χ1n) is 12.0. The maximum absolute atomic E-state index is 13.9. The lowest BCUT2D eigenvalue weighted by Gasteiger charge is -2.35. The van der Waals surface area contributed by atoms with Gasteiger partial charge in [-0.15, -0.1) is 0 Å². The number of para-hydroxylation sites is 1. The number of methoxy groups -OCH3 is 1. The van der Waals surface area contributed by atoms with Crippen LogP contribution in [0.25, 0.3) is 6.08 Å². The molecule has 0 unspecified atom stereocenters. The zero-order valence-corrected chi connectivity index (χ0v) is 20.1. The average Bonchev–Trinajstić information content (AvgIpc) is 3.40. The topological polar surface area (TPSA) is 66.9 Å². The molecule has 3 aliphatic rings. The van der Waals surface area contributed by atoms with Crippen molar-refractivity contribution in [3.63, 3.8) is 0 Å². The lowest BCUT2D eigenvalue weighted by molar-refractivity contribution is -0.137. The highest BCUT2D eigenvalue weighted by molar-refractivity contribution is 6.25. The first kappa shape index (κ1) is 24.0. The van der Waals surface area contributed by atoms with Gasteiger partial charge in [0, 0.05) is 11.8 Å². The maximum Gasteiger partial charge on any atom is 0.418 e. The molecule has 192 valence electrons. The van der Waals surface area contributed by atoms with Gasteiger partial charge in [0.25, 0.3) is 0 Å². The van der Waals surface area contributed by atoms with Gasteiger partial charge in [-0.05, 0) is 53.6 Å². The van der Waals surface area contributed by atoms with Crippen LogP contribution in [0.4, 0.5) is 18.9 Å². The quantitative estimate of drug-likeness (QED) is 0.355. The molecular formula is C29H21F3N2O4. The Hall–Kier alpha value is -4.40. The highest BCUT2D eigenvalue weighted by Crippen LogP contribution is 2.54. The fourth-order valence-corrected chi connectivity index (χ4v) is 5.93. The summed E-state index contributed by atoms with van der Waals surface area (Å²) in [4.78, 5) is 44.0. The molecule has 0 radical (unpaired) electrons. The molecule has 3 aromatic carbocycles. The summed E-state index contributed by atoms with van der Waals surface area (Å²) in [5.41, 5.74) is 0.255. The second kappa shape index (κ2) is 8.58. The van der Waals surface area contributed by atoms with Gasteiger partial charge in [0.1, 0.15) is 11.8 Å². The van der Waals surface area contributed by atoms with E-state index in [4.69, 9.17) is 4.74 Å². The Morgan fingerprint density at radius 3 is 2.24 bits per heavy atom. The van der Waals surface area contributed by atoms with Crippen molar-refractivity contribution in [2.24, 2.45) is 11.8 Å². The maximum atomic E-state index is 13.9. The van der Waals surface area contributed by atoms with Crippen LogP contribution in [0.15, 0.2) is 79.0 Å². The monoisotopic (exact) mass is 518 g/mol. The van der Waals surface area contributed by atoms with E-state index in [1.54, 1.807) is 41.4 Å². The summed E-state index contributed by atoms with van der Waals surface area (Å²) in [6, 6.07) is 16.4. The molecule has 6 rings (SSSR count). The van der Waals surface area contributed by atoms with Crippen molar-refractivity contribution in [3.05, 3.63) is 101 Å². The third kappa shape index (κ3) is 3.45. The highest BCUT2D eigenvalue weighted by atomic mass is 19.4. The lowest BCUT2D eigenvalue weighted by Crippen LogP contribution is -2.44. The minimum atomic E-state index is -4.78. The van der Waals surface area contributed by atoms with Gasteiger partial charge >= 0.3 is 6.18 Å². The molecule has 0 bridgehead atoms. The van der Waals surface area contributed by atoms with Crippen LogP contribution in [0.3, 0.4) is 0 Å². The van der Waals surface area contributed by atoms with Gasteiger partial charge < -0.3 is 9.64 Å². The van der Waals surface area contributed by atoms with Crippen LogP contribution in [0, 0.1) is 11.8 Å². The molecule has 2 amide bonds. The van der Waals surface area contributed by atoms with E-state index in [1.807, 2.05) is 24.3 Å². The molecule has 0 spiro atoms. The van der Waals surface area contributed by atoms with Gasteiger partial charge in [0.15, 0.2) is 5.78 Å². The molecular weight excluding hydrogens is 497 g/mol. The number of hydrogen-bond donors (Lipinski definition) is 0. The fourth-order valence-electron chi connectivity index (χ4n) is 5.93. The molecule has 38 heavy (non-hydrogen) atoms. The number of carbonyl (C=O) groups excluding carboxylic acids is 3. The molecule has 6 nitrogen and oxygen atoms in total. The standard InChI is InChI=1S/C29H21F3N2O4/c1-38-18-12-10-17(11-13-18)26(35)25-23-22(24-19-7-3-2-6-16(19)14-15-33(24)25)27(36)34(28(23)37)21-9-5-4-8-20(21)29(30,31)32/h2-15,22-25H,1H3/t22-,23-,24+,25+/m1/s1. The minimum absolute atomic E-state index is 0.303. The van der Waals surface area contributed by atoms with Crippen molar-refractivity contribution in [3.8, 4) is 5.75 Å². The van der Waals surface area contributed by atoms with Crippen LogP contribution in [0.2, 0.25) is 0 Å². The van der Waals surface area contributed by atoms with Crippen LogP contribution < -0.4 is 9.64 Å². The zero-order chi connectivity index (χ0) is 26.8. The second-order valence-electron chi connectivity index (χ2n) is 9.45. The molecule has 0 aliphatic carbocycles. The minimum Gasteiger partial charge on any atom is -0.497 e. The molecule has 0 aromatic heterocycles. The predicted molar refractivity (Wildman–Crippen MR) is 132 cm³/mol. The molecule has 3 aromatic rings. The van der Waals surface area contributed by atoms with Crippen LogP contribution >= 0.6 is 0 Å². The number of ketones is 1. The Kier molecular flexibility index (Phi) is 5.41. The highest BCUT2D eigenvalue weighted by Gasteiger charge is 2.65. The van der Waals surface area contributed by atoms with Crippen LogP contribution in [-0.2, 0) is 15.8 Å². The summed E-state index contributed by atoms with van der Waals surface area (Å²) in [5, 5.41) is 0. The van der Waals surface area contributed by atoms with Gasteiger partial charge in [0.05, 0.1) is 36.2 Å².